The molecular weight excluding hydrogens is 355 g/mol. The zero-order valence-corrected chi connectivity index (χ0v) is 13.7. The van der Waals surface area contributed by atoms with Gasteiger partial charge in [-0.15, -0.1) is 0 Å². The van der Waals surface area contributed by atoms with Gasteiger partial charge in [0.2, 0.25) is 0 Å². The van der Waals surface area contributed by atoms with Gasteiger partial charge in [0, 0.05) is 12.1 Å². The molecule has 0 aliphatic heterocycles. The summed E-state index contributed by atoms with van der Waals surface area (Å²) in [6, 6.07) is 7.48. The molecule has 0 bridgehead atoms. The van der Waals surface area contributed by atoms with E-state index in [-0.39, 0.29) is 22.0 Å². The highest BCUT2D eigenvalue weighted by Gasteiger charge is 2.18. The van der Waals surface area contributed by atoms with Crippen LogP contribution in [0, 0.1) is 22.9 Å². The van der Waals surface area contributed by atoms with E-state index in [2.05, 4.69) is 5.32 Å². The Morgan fingerprint density at radius 2 is 2.00 bits per heavy atom. The van der Waals surface area contributed by atoms with Crippen LogP contribution in [0.15, 0.2) is 36.4 Å². The Morgan fingerprint density at radius 1 is 1.28 bits per heavy atom. The molecule has 0 saturated heterocycles. The summed E-state index contributed by atoms with van der Waals surface area (Å²) >= 11 is 5.80. The van der Waals surface area contributed by atoms with Crippen LogP contribution >= 0.6 is 11.6 Å². The second-order valence-corrected chi connectivity index (χ2v) is 5.44. The quantitative estimate of drug-likeness (QED) is 0.496. The first-order valence-corrected chi connectivity index (χ1v) is 7.33. The maximum absolute atomic E-state index is 13.6. The molecule has 0 aromatic heterocycles. The molecule has 1 amide bonds. The Morgan fingerprint density at radius 3 is 2.64 bits per heavy atom. The number of nitro benzene ring substituents is 1. The van der Waals surface area contributed by atoms with Gasteiger partial charge in [0.05, 0.1) is 21.2 Å². The molecule has 7 nitrogen and oxygen atoms in total. The number of benzene rings is 2. The van der Waals surface area contributed by atoms with Crippen molar-refractivity contribution in [3.05, 3.63) is 68.5 Å². The number of anilines is 1. The van der Waals surface area contributed by atoms with Crippen LogP contribution < -0.4 is 5.32 Å². The molecule has 2 aromatic rings. The molecule has 0 aliphatic carbocycles. The summed E-state index contributed by atoms with van der Waals surface area (Å²) < 4.78 is 18.4. The van der Waals surface area contributed by atoms with Crippen LogP contribution in [0.25, 0.3) is 0 Å². The number of hydrogen-bond acceptors (Lipinski definition) is 5. The molecule has 2 aromatic carbocycles. The molecule has 2 rings (SSSR count). The number of carbonyl (C=O) groups excluding carboxylic acids is 2. The van der Waals surface area contributed by atoms with Gasteiger partial charge in [0.15, 0.2) is 6.61 Å². The van der Waals surface area contributed by atoms with Crippen molar-refractivity contribution < 1.29 is 23.6 Å². The lowest BCUT2D eigenvalue weighted by Gasteiger charge is -2.08. The number of aryl methyl sites for hydroxylation is 1. The molecule has 25 heavy (non-hydrogen) atoms. The number of rotatable bonds is 5. The predicted molar refractivity (Wildman–Crippen MR) is 88.2 cm³/mol. The van der Waals surface area contributed by atoms with Crippen molar-refractivity contribution in [2.45, 2.75) is 6.92 Å². The number of esters is 1. The number of nitrogens with one attached hydrogen (secondary N) is 1. The van der Waals surface area contributed by atoms with E-state index in [1.54, 1.807) is 13.0 Å². The highest BCUT2D eigenvalue weighted by molar-refractivity contribution is 6.33. The van der Waals surface area contributed by atoms with Gasteiger partial charge in [-0.1, -0.05) is 17.7 Å². The fourth-order valence-electron chi connectivity index (χ4n) is 1.90. The molecule has 0 aliphatic rings. The average molecular weight is 367 g/mol. The number of amides is 1. The summed E-state index contributed by atoms with van der Waals surface area (Å²) in [6.07, 6.45) is 0. The summed E-state index contributed by atoms with van der Waals surface area (Å²) in [5, 5.41) is 12.9. The first-order valence-electron chi connectivity index (χ1n) is 6.95. The largest absolute Gasteiger partial charge is 0.452 e. The van der Waals surface area contributed by atoms with Crippen molar-refractivity contribution in [3.63, 3.8) is 0 Å². The first kappa shape index (κ1) is 18.3. The van der Waals surface area contributed by atoms with Crippen molar-refractivity contribution in [1.29, 1.82) is 0 Å². The van der Waals surface area contributed by atoms with E-state index in [1.807, 2.05) is 0 Å². The average Bonchev–Trinajstić information content (AvgIpc) is 2.55. The SMILES string of the molecule is Cc1ccc(NC(=O)COC(=O)c2cc([N+](=O)[O-])ccc2Cl)c(F)c1. The molecule has 0 unspecified atom stereocenters. The lowest BCUT2D eigenvalue weighted by Crippen LogP contribution is -2.21. The Bertz CT molecular complexity index is 856. The van der Waals surface area contributed by atoms with Crippen LogP contribution in [0.3, 0.4) is 0 Å². The normalized spacial score (nSPS) is 10.2. The molecular formula is C16H12ClFN2O5. The molecule has 0 saturated carbocycles. The van der Waals surface area contributed by atoms with Crippen LogP contribution in [0.4, 0.5) is 15.8 Å². The Kier molecular flexibility index (Phi) is 5.66. The second kappa shape index (κ2) is 7.71. The zero-order valence-electron chi connectivity index (χ0n) is 12.9. The predicted octanol–water partition coefficient (Wildman–Crippen LogP) is 3.49. The lowest BCUT2D eigenvalue weighted by atomic mass is 10.2. The summed E-state index contributed by atoms with van der Waals surface area (Å²) in [7, 11) is 0. The monoisotopic (exact) mass is 366 g/mol. The van der Waals surface area contributed by atoms with Crippen molar-refractivity contribution in [1.82, 2.24) is 0 Å². The summed E-state index contributed by atoms with van der Waals surface area (Å²) in [6.45, 7) is 0.990. The molecule has 9 heteroatoms. The lowest BCUT2D eigenvalue weighted by molar-refractivity contribution is -0.384. The van der Waals surface area contributed by atoms with Crippen LogP contribution in [-0.4, -0.2) is 23.4 Å². The van der Waals surface area contributed by atoms with E-state index in [9.17, 15) is 24.1 Å². The zero-order chi connectivity index (χ0) is 18.6. The third-order valence-electron chi connectivity index (χ3n) is 3.11. The number of nitro groups is 1. The molecule has 1 N–H and O–H groups in total. The maximum Gasteiger partial charge on any atom is 0.340 e. The fraction of sp³-hybridized carbons (Fsp3) is 0.125. The van der Waals surface area contributed by atoms with Crippen LogP contribution in [-0.2, 0) is 9.53 Å². The molecule has 0 radical (unpaired) electrons. The fourth-order valence-corrected chi connectivity index (χ4v) is 2.09. The maximum atomic E-state index is 13.6. The highest BCUT2D eigenvalue weighted by atomic mass is 35.5. The van der Waals surface area contributed by atoms with E-state index in [0.717, 1.165) is 12.1 Å². The standard InChI is InChI=1S/C16H12ClFN2O5/c1-9-2-5-14(13(18)6-9)19-15(21)8-25-16(22)11-7-10(20(23)24)3-4-12(11)17/h2-7H,8H2,1H3,(H,19,21). The van der Waals surface area contributed by atoms with Crippen molar-refractivity contribution in [2.24, 2.45) is 0 Å². The van der Waals surface area contributed by atoms with Gasteiger partial charge in [-0.25, -0.2) is 9.18 Å². The number of nitrogens with zero attached hydrogens (tertiary/aromatic N) is 1. The van der Waals surface area contributed by atoms with Crippen LogP contribution in [0.1, 0.15) is 15.9 Å². The number of carbonyl (C=O) groups is 2. The smallest absolute Gasteiger partial charge is 0.340 e. The van der Waals surface area contributed by atoms with Gasteiger partial charge in [-0.05, 0) is 30.7 Å². The first-order chi connectivity index (χ1) is 11.8. The third-order valence-corrected chi connectivity index (χ3v) is 3.44. The van der Waals surface area contributed by atoms with Crippen LogP contribution in [0.2, 0.25) is 5.02 Å². The summed E-state index contributed by atoms with van der Waals surface area (Å²) in [5.74, 6) is -2.40. The molecule has 0 fully saturated rings. The van der Waals surface area contributed by atoms with Crippen LogP contribution in [0.5, 0.6) is 0 Å². The van der Waals surface area contributed by atoms with Gasteiger partial charge >= 0.3 is 5.97 Å². The Hall–Kier alpha value is -3.00. The van der Waals surface area contributed by atoms with Gasteiger partial charge < -0.3 is 10.1 Å². The van der Waals surface area contributed by atoms with Gasteiger partial charge in [-0.2, -0.15) is 0 Å². The number of hydrogen-bond donors (Lipinski definition) is 1. The molecule has 130 valence electrons. The molecule has 0 spiro atoms. The van der Waals surface area contributed by atoms with Crippen molar-refractivity contribution in [3.8, 4) is 0 Å². The van der Waals surface area contributed by atoms with E-state index in [1.165, 1.54) is 18.2 Å². The number of halogens is 2. The molecule has 0 atom stereocenters. The number of ether oxygens (including phenoxy) is 1. The minimum absolute atomic E-state index is 0.0550. The third kappa shape index (κ3) is 4.74. The van der Waals surface area contributed by atoms with Gasteiger partial charge in [0.25, 0.3) is 11.6 Å². The Labute approximate surface area is 146 Å². The van der Waals surface area contributed by atoms with Crippen molar-refractivity contribution >= 4 is 34.9 Å². The van der Waals surface area contributed by atoms with Gasteiger partial charge in [-0.3, -0.25) is 14.9 Å². The number of non-ortho nitro benzene ring substituents is 1. The van der Waals surface area contributed by atoms with E-state index < -0.39 is 29.2 Å². The second-order valence-electron chi connectivity index (χ2n) is 5.03. The van der Waals surface area contributed by atoms with Gasteiger partial charge in [0.1, 0.15) is 5.82 Å². The summed E-state index contributed by atoms with van der Waals surface area (Å²) in [5.41, 5.74) is 0.0370. The van der Waals surface area contributed by atoms with E-state index in [4.69, 9.17) is 16.3 Å². The molecule has 0 heterocycles. The minimum atomic E-state index is -1.01. The van der Waals surface area contributed by atoms with E-state index >= 15 is 0 Å². The van der Waals surface area contributed by atoms with E-state index in [0.29, 0.717) is 5.56 Å². The Balaban J connectivity index is 2.01. The topological polar surface area (TPSA) is 98.5 Å². The minimum Gasteiger partial charge on any atom is -0.452 e. The van der Waals surface area contributed by atoms with Crippen molar-refractivity contribution in [2.75, 3.05) is 11.9 Å². The highest BCUT2D eigenvalue weighted by Crippen LogP contribution is 2.23. The summed E-state index contributed by atoms with van der Waals surface area (Å²) in [4.78, 5) is 33.7.